The molecule has 2 rings (SSSR count). The molecule has 0 radical (unpaired) electrons. The number of nitrogens with one attached hydrogen (secondary N) is 1. The molecular weight excluding hydrogens is 398 g/mol. The van der Waals surface area contributed by atoms with Gasteiger partial charge in [0.05, 0.1) is 11.9 Å². The van der Waals surface area contributed by atoms with Crippen LogP contribution in [0, 0.1) is 6.92 Å². The summed E-state index contributed by atoms with van der Waals surface area (Å²) >= 11 is 6.61. The summed E-state index contributed by atoms with van der Waals surface area (Å²) in [4.78, 5) is 0.175. The zero-order valence-electron chi connectivity index (χ0n) is 10.2. The highest BCUT2D eigenvalue weighted by Gasteiger charge is 2.19. The molecule has 2 aromatic rings. The van der Waals surface area contributed by atoms with Crippen LogP contribution in [0.25, 0.3) is 0 Å². The molecule has 0 fully saturated rings. The average molecular weight is 409 g/mol. The predicted molar refractivity (Wildman–Crippen MR) is 80.6 cm³/mol. The topological polar surface area (TPSA) is 64.0 Å². The number of nitrogens with zero attached hydrogens (tertiary/aromatic N) is 2. The summed E-state index contributed by atoms with van der Waals surface area (Å²) in [5.41, 5.74) is 1.37. The Kier molecular flexibility index (Phi) is 4.03. The lowest BCUT2D eigenvalue weighted by atomic mass is 10.2. The van der Waals surface area contributed by atoms with Crippen molar-refractivity contribution in [1.82, 2.24) is 9.78 Å². The quantitative estimate of drug-likeness (QED) is 0.848. The van der Waals surface area contributed by atoms with Gasteiger partial charge in [0.1, 0.15) is 4.90 Å². The van der Waals surface area contributed by atoms with E-state index in [1.807, 2.05) is 6.92 Å². The van der Waals surface area contributed by atoms with Gasteiger partial charge in [0.25, 0.3) is 10.0 Å². The number of rotatable bonds is 3. The van der Waals surface area contributed by atoms with E-state index in [0.29, 0.717) is 10.2 Å². The normalized spacial score (nSPS) is 11.6. The Morgan fingerprint density at radius 3 is 2.53 bits per heavy atom. The van der Waals surface area contributed by atoms with Gasteiger partial charge in [-0.3, -0.25) is 9.40 Å². The number of benzene rings is 1. The van der Waals surface area contributed by atoms with Gasteiger partial charge in [-0.15, -0.1) is 0 Å². The van der Waals surface area contributed by atoms with Crippen molar-refractivity contribution < 1.29 is 8.42 Å². The second-order valence-corrected chi connectivity index (χ2v) is 7.40. The van der Waals surface area contributed by atoms with E-state index in [2.05, 4.69) is 41.7 Å². The second-order valence-electron chi connectivity index (χ2n) is 4.04. The van der Waals surface area contributed by atoms with Gasteiger partial charge in [-0.25, -0.2) is 8.42 Å². The monoisotopic (exact) mass is 407 g/mol. The van der Waals surface area contributed by atoms with Gasteiger partial charge in [-0.05, 0) is 40.5 Å². The molecule has 0 aliphatic heterocycles. The third kappa shape index (κ3) is 3.18. The van der Waals surface area contributed by atoms with Gasteiger partial charge in [0.2, 0.25) is 0 Å². The van der Waals surface area contributed by atoms with Crippen molar-refractivity contribution in [3.63, 3.8) is 0 Å². The number of hydrogen-bond acceptors (Lipinski definition) is 3. The standard InChI is InChI=1S/C11H11Br2N3O2S/c1-7-3-10(13)11(4-9(7)12)19(17,18)15-8-5-14-16(2)6-8/h3-6,15H,1-2H3. The zero-order valence-corrected chi connectivity index (χ0v) is 14.2. The second kappa shape index (κ2) is 5.26. The fourth-order valence-corrected chi connectivity index (χ4v) is 4.22. The summed E-state index contributed by atoms with van der Waals surface area (Å²) in [6, 6.07) is 3.32. The van der Waals surface area contributed by atoms with E-state index in [-0.39, 0.29) is 4.90 Å². The summed E-state index contributed by atoms with van der Waals surface area (Å²) in [5, 5.41) is 3.92. The third-order valence-electron chi connectivity index (χ3n) is 2.46. The highest BCUT2D eigenvalue weighted by atomic mass is 79.9. The highest BCUT2D eigenvalue weighted by molar-refractivity contribution is 9.11. The molecule has 1 N–H and O–H groups in total. The Morgan fingerprint density at radius 2 is 1.95 bits per heavy atom. The van der Waals surface area contributed by atoms with Crippen molar-refractivity contribution in [3.8, 4) is 0 Å². The molecule has 0 aliphatic carbocycles. The van der Waals surface area contributed by atoms with Crippen molar-refractivity contribution >= 4 is 47.6 Å². The molecule has 0 saturated carbocycles. The fourth-order valence-electron chi connectivity index (χ4n) is 1.52. The van der Waals surface area contributed by atoms with Gasteiger partial charge in [-0.2, -0.15) is 5.10 Å². The first kappa shape index (κ1) is 14.5. The molecule has 1 heterocycles. The first-order chi connectivity index (χ1) is 8.79. The zero-order chi connectivity index (χ0) is 14.2. The van der Waals surface area contributed by atoms with Crippen molar-refractivity contribution in [2.45, 2.75) is 11.8 Å². The molecule has 0 aliphatic rings. The van der Waals surface area contributed by atoms with E-state index in [1.54, 1.807) is 25.4 Å². The van der Waals surface area contributed by atoms with E-state index in [1.165, 1.54) is 10.9 Å². The minimum atomic E-state index is -3.65. The summed E-state index contributed by atoms with van der Waals surface area (Å²) in [7, 11) is -1.93. The van der Waals surface area contributed by atoms with Crippen molar-refractivity contribution in [2.24, 2.45) is 7.05 Å². The predicted octanol–water partition coefficient (Wildman–Crippen LogP) is 3.05. The van der Waals surface area contributed by atoms with Gasteiger partial charge >= 0.3 is 0 Å². The molecule has 19 heavy (non-hydrogen) atoms. The van der Waals surface area contributed by atoms with Crippen LogP contribution in [0.15, 0.2) is 38.4 Å². The Morgan fingerprint density at radius 1 is 1.26 bits per heavy atom. The fraction of sp³-hybridized carbons (Fsp3) is 0.182. The van der Waals surface area contributed by atoms with Crippen LogP contribution in [-0.2, 0) is 17.1 Å². The number of sulfonamides is 1. The van der Waals surface area contributed by atoms with E-state index >= 15 is 0 Å². The Hall–Kier alpha value is -0.860. The largest absolute Gasteiger partial charge is 0.276 e. The van der Waals surface area contributed by atoms with Gasteiger partial charge in [0.15, 0.2) is 0 Å². The Labute approximate surface area is 128 Å². The molecule has 0 unspecified atom stereocenters. The first-order valence-electron chi connectivity index (χ1n) is 5.27. The van der Waals surface area contributed by atoms with Crippen molar-refractivity contribution in [3.05, 3.63) is 39.0 Å². The van der Waals surface area contributed by atoms with Crippen LogP contribution in [0.4, 0.5) is 5.69 Å². The maximum atomic E-state index is 12.3. The molecule has 5 nitrogen and oxygen atoms in total. The molecule has 0 atom stereocenters. The van der Waals surface area contributed by atoms with Crippen LogP contribution in [0.3, 0.4) is 0 Å². The number of anilines is 1. The Balaban J connectivity index is 2.42. The molecule has 0 amide bonds. The maximum absolute atomic E-state index is 12.3. The van der Waals surface area contributed by atoms with Gasteiger partial charge in [0, 0.05) is 22.2 Å². The smallest absolute Gasteiger partial charge is 0.263 e. The summed E-state index contributed by atoms with van der Waals surface area (Å²) < 4.78 is 29.9. The maximum Gasteiger partial charge on any atom is 0.263 e. The number of aryl methyl sites for hydroxylation is 2. The van der Waals surface area contributed by atoms with Gasteiger partial charge < -0.3 is 0 Å². The number of aromatic nitrogens is 2. The van der Waals surface area contributed by atoms with Gasteiger partial charge in [-0.1, -0.05) is 15.9 Å². The van der Waals surface area contributed by atoms with Crippen molar-refractivity contribution in [1.29, 1.82) is 0 Å². The van der Waals surface area contributed by atoms with E-state index in [0.717, 1.165) is 10.0 Å². The molecule has 1 aromatic heterocycles. The van der Waals surface area contributed by atoms with E-state index < -0.39 is 10.0 Å². The lowest BCUT2D eigenvalue weighted by Gasteiger charge is -2.09. The van der Waals surface area contributed by atoms with Crippen LogP contribution in [0.2, 0.25) is 0 Å². The number of halogens is 2. The average Bonchev–Trinajstić information content (AvgIpc) is 2.68. The highest BCUT2D eigenvalue weighted by Crippen LogP contribution is 2.29. The number of hydrogen-bond donors (Lipinski definition) is 1. The molecule has 0 bridgehead atoms. The molecule has 0 spiro atoms. The van der Waals surface area contributed by atoms with Crippen LogP contribution in [-0.4, -0.2) is 18.2 Å². The molecule has 1 aromatic carbocycles. The lowest BCUT2D eigenvalue weighted by Crippen LogP contribution is -2.13. The SMILES string of the molecule is Cc1cc(Br)c(S(=O)(=O)Nc2cnn(C)c2)cc1Br. The lowest BCUT2D eigenvalue weighted by molar-refractivity contribution is 0.600. The van der Waals surface area contributed by atoms with Crippen LogP contribution >= 0.6 is 31.9 Å². The summed E-state index contributed by atoms with van der Waals surface area (Å²) in [6.07, 6.45) is 3.05. The van der Waals surface area contributed by atoms with E-state index in [4.69, 9.17) is 0 Å². The minimum Gasteiger partial charge on any atom is -0.276 e. The Bertz CT molecular complexity index is 726. The third-order valence-corrected chi connectivity index (χ3v) is 5.65. The molecule has 102 valence electrons. The molecule has 0 saturated heterocycles. The molecule has 8 heteroatoms. The molecular formula is C11H11Br2N3O2S. The van der Waals surface area contributed by atoms with Crippen molar-refractivity contribution in [2.75, 3.05) is 4.72 Å². The van der Waals surface area contributed by atoms with Crippen LogP contribution < -0.4 is 4.72 Å². The summed E-state index contributed by atoms with van der Waals surface area (Å²) in [6.45, 7) is 1.89. The van der Waals surface area contributed by atoms with Crippen LogP contribution in [0.1, 0.15) is 5.56 Å². The van der Waals surface area contributed by atoms with Crippen LogP contribution in [0.5, 0.6) is 0 Å². The first-order valence-corrected chi connectivity index (χ1v) is 8.33. The van der Waals surface area contributed by atoms with E-state index in [9.17, 15) is 8.42 Å². The summed E-state index contributed by atoms with van der Waals surface area (Å²) in [5.74, 6) is 0. The minimum absolute atomic E-state index is 0.175.